The second-order valence-electron chi connectivity index (χ2n) is 6.24. The maximum atomic E-state index is 3.65. The summed E-state index contributed by atoms with van der Waals surface area (Å²) < 4.78 is 0. The SMILES string of the molecule is Cc1cccc(C(C)(C)CNCC2CCNC2)c1. The topological polar surface area (TPSA) is 24.1 Å². The molecule has 1 aliphatic heterocycles. The van der Waals surface area contributed by atoms with Gasteiger partial charge < -0.3 is 10.6 Å². The van der Waals surface area contributed by atoms with Gasteiger partial charge in [-0.05, 0) is 44.5 Å². The lowest BCUT2D eigenvalue weighted by molar-refractivity contribution is 0.431. The lowest BCUT2D eigenvalue weighted by atomic mass is 9.84. The van der Waals surface area contributed by atoms with E-state index >= 15 is 0 Å². The number of hydrogen-bond donors (Lipinski definition) is 2. The van der Waals surface area contributed by atoms with Gasteiger partial charge in [-0.1, -0.05) is 43.7 Å². The Hall–Kier alpha value is -0.860. The molecule has 1 heterocycles. The van der Waals surface area contributed by atoms with Crippen molar-refractivity contribution in [2.45, 2.75) is 32.6 Å². The molecular weight excluding hydrogens is 220 g/mol. The van der Waals surface area contributed by atoms with Gasteiger partial charge in [0.2, 0.25) is 0 Å². The van der Waals surface area contributed by atoms with Crippen molar-refractivity contribution in [1.29, 1.82) is 0 Å². The average Bonchev–Trinajstić information content (AvgIpc) is 2.82. The summed E-state index contributed by atoms with van der Waals surface area (Å²) >= 11 is 0. The summed E-state index contributed by atoms with van der Waals surface area (Å²) in [6.07, 6.45) is 1.32. The van der Waals surface area contributed by atoms with Gasteiger partial charge in [-0.25, -0.2) is 0 Å². The zero-order valence-corrected chi connectivity index (χ0v) is 11.9. The summed E-state index contributed by atoms with van der Waals surface area (Å²) in [5.74, 6) is 0.818. The maximum Gasteiger partial charge on any atom is 0.00433 e. The molecule has 2 N–H and O–H groups in total. The van der Waals surface area contributed by atoms with E-state index < -0.39 is 0 Å². The molecule has 1 saturated heterocycles. The Balaban J connectivity index is 1.86. The van der Waals surface area contributed by atoms with E-state index in [4.69, 9.17) is 0 Å². The first-order valence-electron chi connectivity index (χ1n) is 7.06. The summed E-state index contributed by atoms with van der Waals surface area (Å²) in [4.78, 5) is 0. The van der Waals surface area contributed by atoms with Crippen molar-refractivity contribution in [2.24, 2.45) is 5.92 Å². The quantitative estimate of drug-likeness (QED) is 0.834. The molecule has 0 radical (unpaired) electrons. The minimum absolute atomic E-state index is 0.206. The molecule has 100 valence electrons. The zero-order chi connectivity index (χ0) is 13.0. The van der Waals surface area contributed by atoms with Crippen molar-refractivity contribution in [2.75, 3.05) is 26.2 Å². The number of hydrogen-bond acceptors (Lipinski definition) is 2. The Morgan fingerprint density at radius 2 is 2.22 bits per heavy atom. The van der Waals surface area contributed by atoms with E-state index in [1.807, 2.05) is 0 Å². The van der Waals surface area contributed by atoms with Crippen LogP contribution in [0.1, 0.15) is 31.4 Å². The van der Waals surface area contributed by atoms with Gasteiger partial charge >= 0.3 is 0 Å². The molecule has 1 atom stereocenters. The Kier molecular flexibility index (Phi) is 4.41. The van der Waals surface area contributed by atoms with Crippen LogP contribution in [0.2, 0.25) is 0 Å². The molecule has 0 bridgehead atoms. The van der Waals surface area contributed by atoms with E-state index in [0.717, 1.165) is 19.0 Å². The first kappa shape index (κ1) is 13.6. The summed E-state index contributed by atoms with van der Waals surface area (Å²) in [7, 11) is 0. The monoisotopic (exact) mass is 246 g/mol. The van der Waals surface area contributed by atoms with Crippen molar-refractivity contribution in [3.63, 3.8) is 0 Å². The van der Waals surface area contributed by atoms with Crippen LogP contribution in [0.5, 0.6) is 0 Å². The van der Waals surface area contributed by atoms with Crippen LogP contribution in [-0.2, 0) is 5.41 Å². The van der Waals surface area contributed by atoms with E-state index in [9.17, 15) is 0 Å². The summed E-state index contributed by atoms with van der Waals surface area (Å²) in [5.41, 5.74) is 2.98. The van der Waals surface area contributed by atoms with Crippen molar-refractivity contribution >= 4 is 0 Å². The average molecular weight is 246 g/mol. The minimum atomic E-state index is 0.206. The van der Waals surface area contributed by atoms with Gasteiger partial charge in [0, 0.05) is 12.0 Å². The van der Waals surface area contributed by atoms with E-state index in [2.05, 4.69) is 55.7 Å². The lowest BCUT2D eigenvalue weighted by Gasteiger charge is -2.27. The van der Waals surface area contributed by atoms with Crippen LogP contribution < -0.4 is 10.6 Å². The highest BCUT2D eigenvalue weighted by molar-refractivity contribution is 5.28. The predicted molar refractivity (Wildman–Crippen MR) is 78.1 cm³/mol. The third kappa shape index (κ3) is 3.56. The van der Waals surface area contributed by atoms with Gasteiger partial charge in [-0.15, -0.1) is 0 Å². The second-order valence-corrected chi connectivity index (χ2v) is 6.24. The molecule has 1 aromatic rings. The van der Waals surface area contributed by atoms with Crippen LogP contribution >= 0.6 is 0 Å². The normalized spacial score (nSPS) is 20.3. The third-order valence-electron chi connectivity index (χ3n) is 3.96. The summed E-state index contributed by atoms with van der Waals surface area (Å²) in [6, 6.07) is 8.87. The largest absolute Gasteiger partial charge is 0.316 e. The molecule has 0 spiro atoms. The molecule has 1 aromatic carbocycles. The number of aryl methyl sites for hydroxylation is 1. The Labute approximate surface area is 111 Å². The highest BCUT2D eigenvalue weighted by Gasteiger charge is 2.21. The smallest absolute Gasteiger partial charge is 0.00433 e. The van der Waals surface area contributed by atoms with Gasteiger partial charge in [-0.3, -0.25) is 0 Å². The first-order valence-corrected chi connectivity index (χ1v) is 7.06. The second kappa shape index (κ2) is 5.85. The van der Waals surface area contributed by atoms with E-state index in [-0.39, 0.29) is 5.41 Å². The molecule has 2 heteroatoms. The third-order valence-corrected chi connectivity index (χ3v) is 3.96. The van der Waals surface area contributed by atoms with E-state index in [1.165, 1.54) is 30.6 Å². The summed E-state index contributed by atoms with van der Waals surface area (Å²) in [6.45, 7) is 11.4. The Bertz CT molecular complexity index is 378. The molecule has 18 heavy (non-hydrogen) atoms. The van der Waals surface area contributed by atoms with Gasteiger partial charge in [-0.2, -0.15) is 0 Å². The first-order chi connectivity index (χ1) is 8.58. The molecule has 0 saturated carbocycles. The maximum absolute atomic E-state index is 3.65. The zero-order valence-electron chi connectivity index (χ0n) is 11.9. The van der Waals surface area contributed by atoms with Crippen LogP contribution in [0.25, 0.3) is 0 Å². The standard InChI is InChI=1S/C16H26N2/c1-13-5-4-6-15(9-13)16(2,3)12-18-11-14-7-8-17-10-14/h4-6,9,14,17-18H,7-8,10-12H2,1-3H3. The van der Waals surface area contributed by atoms with Crippen LogP contribution in [0.15, 0.2) is 24.3 Å². The highest BCUT2D eigenvalue weighted by Crippen LogP contribution is 2.23. The molecule has 2 rings (SSSR count). The van der Waals surface area contributed by atoms with Crippen LogP contribution in [-0.4, -0.2) is 26.2 Å². The molecule has 1 aliphatic rings. The molecule has 0 aliphatic carbocycles. The fourth-order valence-electron chi connectivity index (χ4n) is 2.65. The molecular formula is C16H26N2. The van der Waals surface area contributed by atoms with Crippen molar-refractivity contribution in [3.8, 4) is 0 Å². The fraction of sp³-hybridized carbons (Fsp3) is 0.625. The van der Waals surface area contributed by atoms with Gasteiger partial charge in [0.1, 0.15) is 0 Å². The number of nitrogens with one attached hydrogen (secondary N) is 2. The number of rotatable bonds is 5. The molecule has 2 nitrogen and oxygen atoms in total. The Morgan fingerprint density at radius 1 is 1.39 bits per heavy atom. The molecule has 0 amide bonds. The van der Waals surface area contributed by atoms with Gasteiger partial charge in [0.15, 0.2) is 0 Å². The predicted octanol–water partition coefficient (Wildman–Crippen LogP) is 2.47. The fourth-order valence-corrected chi connectivity index (χ4v) is 2.65. The Morgan fingerprint density at radius 3 is 2.89 bits per heavy atom. The molecule has 1 unspecified atom stereocenters. The van der Waals surface area contributed by atoms with Crippen molar-refractivity contribution in [3.05, 3.63) is 35.4 Å². The van der Waals surface area contributed by atoms with Crippen LogP contribution in [0.4, 0.5) is 0 Å². The van der Waals surface area contributed by atoms with E-state index in [0.29, 0.717) is 0 Å². The van der Waals surface area contributed by atoms with Crippen molar-refractivity contribution in [1.82, 2.24) is 10.6 Å². The number of benzene rings is 1. The molecule has 1 fully saturated rings. The minimum Gasteiger partial charge on any atom is -0.316 e. The van der Waals surface area contributed by atoms with Gasteiger partial charge in [0.05, 0.1) is 0 Å². The highest BCUT2D eigenvalue weighted by atomic mass is 14.9. The van der Waals surface area contributed by atoms with Crippen LogP contribution in [0.3, 0.4) is 0 Å². The molecule has 0 aromatic heterocycles. The van der Waals surface area contributed by atoms with E-state index in [1.54, 1.807) is 0 Å². The lowest BCUT2D eigenvalue weighted by Crippen LogP contribution is -2.36. The van der Waals surface area contributed by atoms with Gasteiger partial charge in [0.25, 0.3) is 0 Å². The van der Waals surface area contributed by atoms with Crippen LogP contribution in [0, 0.1) is 12.8 Å². The summed E-state index contributed by atoms with van der Waals surface area (Å²) in [5, 5.41) is 7.06. The van der Waals surface area contributed by atoms with Crippen molar-refractivity contribution < 1.29 is 0 Å².